The van der Waals surface area contributed by atoms with Crippen molar-refractivity contribution in [2.24, 2.45) is 5.73 Å². The van der Waals surface area contributed by atoms with Crippen molar-refractivity contribution in [3.05, 3.63) is 68.9 Å². The van der Waals surface area contributed by atoms with Crippen molar-refractivity contribution in [1.29, 1.82) is 0 Å². The van der Waals surface area contributed by atoms with E-state index in [2.05, 4.69) is 47.1 Å². The molecule has 3 rings (SSSR count). The number of carbonyl (C=O) groups excluding carboxylic acids is 2. The van der Waals surface area contributed by atoms with E-state index in [0.29, 0.717) is 11.3 Å². The van der Waals surface area contributed by atoms with E-state index in [9.17, 15) is 9.59 Å². The molecular formula is C18H14Br2N4O2. The number of rotatable bonds is 5. The Bertz CT molecular complexity index is 974. The van der Waals surface area contributed by atoms with Crippen molar-refractivity contribution in [1.82, 2.24) is 15.3 Å². The van der Waals surface area contributed by atoms with Gasteiger partial charge in [-0.1, -0.05) is 44.0 Å². The van der Waals surface area contributed by atoms with E-state index >= 15 is 0 Å². The van der Waals surface area contributed by atoms with E-state index in [1.54, 1.807) is 18.3 Å². The van der Waals surface area contributed by atoms with Gasteiger partial charge in [0.1, 0.15) is 6.04 Å². The van der Waals surface area contributed by atoms with Crippen LogP contribution in [0.1, 0.15) is 16.1 Å². The highest BCUT2D eigenvalue weighted by atomic mass is 79.9. The van der Waals surface area contributed by atoms with Crippen LogP contribution in [0.25, 0.3) is 11.0 Å². The van der Waals surface area contributed by atoms with E-state index in [0.717, 1.165) is 20.0 Å². The Labute approximate surface area is 166 Å². The number of aromatic nitrogens is 2. The standard InChI is InChI=1S/C18H14Br2N4O2/c19-11-5-10(6-12(20)7-11)18(26)24-16(17(21)25)8-13-9-22-14-3-1-2-4-15(14)23-13/h1-7,9,16H,8H2,(H2,21,25)(H,24,26)/t16-/m0/s1. The number of para-hydroxylation sites is 2. The quantitative estimate of drug-likeness (QED) is 0.590. The van der Waals surface area contributed by atoms with Gasteiger partial charge in [0.15, 0.2) is 0 Å². The summed E-state index contributed by atoms with van der Waals surface area (Å²) in [5.74, 6) is -1.04. The predicted molar refractivity (Wildman–Crippen MR) is 106 cm³/mol. The van der Waals surface area contributed by atoms with Crippen LogP contribution in [0.4, 0.5) is 0 Å². The van der Waals surface area contributed by atoms with Gasteiger partial charge in [-0.2, -0.15) is 0 Å². The zero-order chi connectivity index (χ0) is 18.7. The minimum Gasteiger partial charge on any atom is -0.368 e. The van der Waals surface area contributed by atoms with Crippen molar-refractivity contribution in [3.8, 4) is 0 Å². The van der Waals surface area contributed by atoms with Gasteiger partial charge in [0.25, 0.3) is 5.91 Å². The van der Waals surface area contributed by atoms with Gasteiger partial charge >= 0.3 is 0 Å². The lowest BCUT2D eigenvalue weighted by Crippen LogP contribution is -2.46. The molecular weight excluding hydrogens is 464 g/mol. The van der Waals surface area contributed by atoms with Crippen molar-refractivity contribution in [2.45, 2.75) is 12.5 Å². The first kappa shape index (κ1) is 18.5. The van der Waals surface area contributed by atoms with Crippen molar-refractivity contribution < 1.29 is 9.59 Å². The third-order valence-electron chi connectivity index (χ3n) is 3.69. The largest absolute Gasteiger partial charge is 0.368 e. The Morgan fingerprint density at radius 1 is 1.08 bits per heavy atom. The van der Waals surface area contributed by atoms with Crippen molar-refractivity contribution >= 4 is 54.7 Å². The van der Waals surface area contributed by atoms with Crippen LogP contribution in [-0.2, 0) is 11.2 Å². The van der Waals surface area contributed by atoms with Crippen LogP contribution >= 0.6 is 31.9 Å². The number of carbonyl (C=O) groups is 2. The second kappa shape index (κ2) is 7.92. The highest BCUT2D eigenvalue weighted by Crippen LogP contribution is 2.20. The first-order chi connectivity index (χ1) is 12.4. The molecule has 1 aromatic heterocycles. The Hall–Kier alpha value is -2.32. The fraction of sp³-hybridized carbons (Fsp3) is 0.111. The summed E-state index contributed by atoms with van der Waals surface area (Å²) >= 11 is 6.67. The lowest BCUT2D eigenvalue weighted by molar-refractivity contribution is -0.119. The summed E-state index contributed by atoms with van der Waals surface area (Å²) in [6.45, 7) is 0. The van der Waals surface area contributed by atoms with Crippen molar-refractivity contribution in [3.63, 3.8) is 0 Å². The highest BCUT2D eigenvalue weighted by molar-refractivity contribution is 9.11. The number of primary amides is 1. The molecule has 0 unspecified atom stereocenters. The van der Waals surface area contributed by atoms with Gasteiger partial charge in [-0.3, -0.25) is 14.6 Å². The molecule has 3 aromatic rings. The molecule has 1 atom stereocenters. The topological polar surface area (TPSA) is 98.0 Å². The van der Waals surface area contributed by atoms with Gasteiger partial charge in [-0.15, -0.1) is 0 Å². The minimum absolute atomic E-state index is 0.161. The lowest BCUT2D eigenvalue weighted by Gasteiger charge is -2.15. The number of benzene rings is 2. The lowest BCUT2D eigenvalue weighted by atomic mass is 10.1. The van der Waals surface area contributed by atoms with Crippen LogP contribution in [0.3, 0.4) is 0 Å². The summed E-state index contributed by atoms with van der Waals surface area (Å²) < 4.78 is 1.49. The van der Waals surface area contributed by atoms with Gasteiger partial charge in [0.05, 0.1) is 16.7 Å². The third-order valence-corrected chi connectivity index (χ3v) is 4.60. The monoisotopic (exact) mass is 476 g/mol. The molecule has 0 bridgehead atoms. The first-order valence-corrected chi connectivity index (χ1v) is 9.28. The molecule has 0 fully saturated rings. The molecule has 6 nitrogen and oxygen atoms in total. The maximum Gasteiger partial charge on any atom is 0.252 e. The fourth-order valence-electron chi connectivity index (χ4n) is 2.45. The molecule has 0 saturated heterocycles. The summed E-state index contributed by atoms with van der Waals surface area (Å²) in [4.78, 5) is 33.1. The SMILES string of the molecule is NC(=O)[C@H](Cc1cnc2ccccc2n1)NC(=O)c1cc(Br)cc(Br)c1. The van der Waals surface area contributed by atoms with E-state index in [-0.39, 0.29) is 6.42 Å². The molecule has 8 heteroatoms. The van der Waals surface area contributed by atoms with Crippen LogP contribution in [0, 0.1) is 0 Å². The zero-order valence-corrected chi connectivity index (χ0v) is 16.6. The van der Waals surface area contributed by atoms with Crippen LogP contribution in [0.5, 0.6) is 0 Å². The second-order valence-corrected chi connectivity index (χ2v) is 7.47. The number of hydrogen-bond acceptors (Lipinski definition) is 4. The fourth-order valence-corrected chi connectivity index (χ4v) is 3.75. The summed E-state index contributed by atoms with van der Waals surface area (Å²) in [6, 6.07) is 11.7. The van der Waals surface area contributed by atoms with Crippen LogP contribution in [0.2, 0.25) is 0 Å². The molecule has 0 aliphatic rings. The zero-order valence-electron chi connectivity index (χ0n) is 13.4. The highest BCUT2D eigenvalue weighted by Gasteiger charge is 2.21. The number of amides is 2. The summed E-state index contributed by atoms with van der Waals surface area (Å²) in [5, 5.41) is 2.66. The molecule has 26 heavy (non-hydrogen) atoms. The molecule has 0 aliphatic heterocycles. The summed E-state index contributed by atoms with van der Waals surface area (Å²) in [7, 11) is 0. The molecule has 0 spiro atoms. The minimum atomic E-state index is -0.893. The number of nitrogens with one attached hydrogen (secondary N) is 1. The number of nitrogens with two attached hydrogens (primary N) is 1. The maximum absolute atomic E-state index is 12.5. The second-order valence-electron chi connectivity index (χ2n) is 5.64. The Morgan fingerprint density at radius 2 is 1.73 bits per heavy atom. The Balaban J connectivity index is 1.80. The van der Waals surface area contributed by atoms with Crippen LogP contribution < -0.4 is 11.1 Å². The van der Waals surface area contributed by atoms with Gasteiger partial charge in [0.2, 0.25) is 5.91 Å². The molecule has 0 radical (unpaired) electrons. The third kappa shape index (κ3) is 4.44. The summed E-state index contributed by atoms with van der Waals surface area (Å²) in [6.07, 6.45) is 1.74. The number of nitrogens with zero attached hydrogens (tertiary/aromatic N) is 2. The Morgan fingerprint density at radius 3 is 2.38 bits per heavy atom. The average molecular weight is 478 g/mol. The number of fused-ring (bicyclic) bond motifs is 1. The molecule has 132 valence electrons. The molecule has 3 N–H and O–H groups in total. The van der Waals surface area contributed by atoms with E-state index in [1.807, 2.05) is 30.3 Å². The van der Waals surface area contributed by atoms with E-state index in [4.69, 9.17) is 5.73 Å². The summed E-state index contributed by atoms with van der Waals surface area (Å²) in [5.41, 5.74) is 7.92. The average Bonchev–Trinajstić information content (AvgIpc) is 2.60. The van der Waals surface area contributed by atoms with Gasteiger partial charge in [-0.25, -0.2) is 4.98 Å². The Kier molecular flexibility index (Phi) is 5.63. The van der Waals surface area contributed by atoms with Crippen LogP contribution in [-0.4, -0.2) is 27.8 Å². The normalized spacial score (nSPS) is 11.9. The molecule has 2 aromatic carbocycles. The van der Waals surface area contributed by atoms with E-state index < -0.39 is 17.9 Å². The van der Waals surface area contributed by atoms with Crippen LogP contribution in [0.15, 0.2) is 57.6 Å². The van der Waals surface area contributed by atoms with Gasteiger partial charge in [0, 0.05) is 27.1 Å². The molecule has 1 heterocycles. The smallest absolute Gasteiger partial charge is 0.252 e. The maximum atomic E-state index is 12.5. The molecule has 2 amide bonds. The predicted octanol–water partition coefficient (Wildman–Crippen LogP) is 2.98. The van der Waals surface area contributed by atoms with E-state index in [1.165, 1.54) is 0 Å². The first-order valence-electron chi connectivity index (χ1n) is 7.69. The molecule has 0 saturated carbocycles. The van der Waals surface area contributed by atoms with Gasteiger partial charge in [-0.05, 0) is 30.3 Å². The number of halogens is 2. The number of hydrogen-bond donors (Lipinski definition) is 2. The van der Waals surface area contributed by atoms with Crippen molar-refractivity contribution in [2.75, 3.05) is 0 Å². The molecule has 0 aliphatic carbocycles. The van der Waals surface area contributed by atoms with Gasteiger partial charge < -0.3 is 11.1 Å².